The van der Waals surface area contributed by atoms with Gasteiger partial charge in [0, 0.05) is 25.6 Å². The summed E-state index contributed by atoms with van der Waals surface area (Å²) >= 11 is 0. The number of hydrazine groups is 1. The van der Waals surface area contributed by atoms with E-state index < -0.39 is 0 Å². The molecular formula is C23H41N7O4. The van der Waals surface area contributed by atoms with Gasteiger partial charge in [0.15, 0.2) is 0 Å². The van der Waals surface area contributed by atoms with Crippen molar-refractivity contribution in [1.82, 2.24) is 37.6 Å². The van der Waals surface area contributed by atoms with E-state index in [1.165, 1.54) is 12.8 Å². The van der Waals surface area contributed by atoms with Crippen molar-refractivity contribution in [3.8, 4) is 0 Å². The van der Waals surface area contributed by atoms with E-state index in [1.54, 1.807) is 0 Å². The van der Waals surface area contributed by atoms with Gasteiger partial charge in [0.2, 0.25) is 11.8 Å². The van der Waals surface area contributed by atoms with Crippen LogP contribution in [0.2, 0.25) is 0 Å². The van der Waals surface area contributed by atoms with Gasteiger partial charge >= 0.3 is 0 Å². The minimum atomic E-state index is -0.126. The molecule has 2 amide bonds. The molecule has 4 aliphatic heterocycles. The van der Waals surface area contributed by atoms with E-state index in [0.29, 0.717) is 37.3 Å². The smallest absolute Gasteiger partial charge is 0.238 e. The number of hydrogen-bond donors (Lipinski definition) is 7. The molecule has 0 spiro atoms. The SMILES string of the molecule is O=C(CCC1NC(C2CCC3OCCC3C2)NO1)NCCCNC1NNC(=O)C2CCCNC12. The monoisotopic (exact) mass is 479 g/mol. The number of rotatable bonds is 9. The summed E-state index contributed by atoms with van der Waals surface area (Å²) in [6.45, 7) is 3.23. The second-order valence-corrected chi connectivity index (χ2v) is 10.4. The van der Waals surface area contributed by atoms with Gasteiger partial charge in [-0.25, -0.2) is 5.43 Å². The van der Waals surface area contributed by atoms with E-state index in [2.05, 4.69) is 37.6 Å². The second kappa shape index (κ2) is 11.6. The largest absolute Gasteiger partial charge is 0.378 e. The second-order valence-electron chi connectivity index (χ2n) is 10.4. The van der Waals surface area contributed by atoms with Gasteiger partial charge in [-0.15, -0.1) is 0 Å². The number of ether oxygens (including phenoxy) is 1. The number of carbonyl (C=O) groups is 2. The highest BCUT2D eigenvalue weighted by atomic mass is 16.7. The first-order valence-corrected chi connectivity index (χ1v) is 13.2. The Bertz CT molecular complexity index is 713. The maximum atomic E-state index is 12.3. The molecule has 34 heavy (non-hydrogen) atoms. The van der Waals surface area contributed by atoms with E-state index in [9.17, 15) is 9.59 Å². The summed E-state index contributed by atoms with van der Waals surface area (Å²) in [5.41, 5.74) is 9.01. The van der Waals surface area contributed by atoms with Crippen LogP contribution in [0.1, 0.15) is 57.8 Å². The highest BCUT2D eigenvalue weighted by Crippen LogP contribution is 2.38. The number of fused-ring (bicyclic) bond motifs is 2. The van der Waals surface area contributed by atoms with Crippen LogP contribution in [-0.2, 0) is 19.2 Å². The summed E-state index contributed by atoms with van der Waals surface area (Å²) in [4.78, 5) is 30.0. The molecule has 0 aromatic carbocycles. The summed E-state index contributed by atoms with van der Waals surface area (Å²) in [6.07, 6.45) is 9.02. The van der Waals surface area contributed by atoms with Crippen LogP contribution >= 0.6 is 0 Å². The first kappa shape index (κ1) is 24.4. The fourth-order valence-corrected chi connectivity index (χ4v) is 6.26. The Morgan fingerprint density at radius 3 is 3.00 bits per heavy atom. The van der Waals surface area contributed by atoms with Gasteiger partial charge < -0.3 is 15.4 Å². The third-order valence-corrected chi connectivity index (χ3v) is 8.17. The van der Waals surface area contributed by atoms with Crippen LogP contribution in [0.5, 0.6) is 0 Å². The van der Waals surface area contributed by atoms with Crippen molar-refractivity contribution in [3.63, 3.8) is 0 Å². The van der Waals surface area contributed by atoms with Crippen molar-refractivity contribution >= 4 is 11.8 Å². The Kier molecular flexibility index (Phi) is 8.31. The minimum Gasteiger partial charge on any atom is -0.378 e. The molecule has 0 aromatic heterocycles. The number of nitrogens with one attached hydrogen (secondary N) is 7. The Labute approximate surface area is 201 Å². The van der Waals surface area contributed by atoms with Gasteiger partial charge in [0.05, 0.1) is 24.4 Å². The zero-order chi connectivity index (χ0) is 23.3. The lowest BCUT2D eigenvalue weighted by Crippen LogP contribution is -2.71. The fraction of sp³-hybridized carbons (Fsp3) is 0.913. The van der Waals surface area contributed by atoms with Gasteiger partial charge in [-0.3, -0.25) is 30.5 Å². The molecule has 1 aliphatic carbocycles. The highest BCUT2D eigenvalue weighted by Gasteiger charge is 2.41. The molecule has 5 rings (SSSR count). The molecule has 192 valence electrons. The van der Waals surface area contributed by atoms with E-state index in [4.69, 9.17) is 9.57 Å². The normalized spacial score (nSPS) is 39.8. The number of hydrogen-bond acceptors (Lipinski definition) is 9. The van der Waals surface area contributed by atoms with Crippen LogP contribution in [0, 0.1) is 17.8 Å². The molecule has 4 saturated heterocycles. The Morgan fingerprint density at radius 2 is 2.06 bits per heavy atom. The Hall–Kier alpha value is -1.34. The predicted molar refractivity (Wildman–Crippen MR) is 125 cm³/mol. The lowest BCUT2D eigenvalue weighted by Gasteiger charge is -2.42. The average Bonchev–Trinajstić information content (AvgIpc) is 3.53. The molecule has 11 nitrogen and oxygen atoms in total. The molecule has 11 heteroatoms. The van der Waals surface area contributed by atoms with Gasteiger partial charge in [-0.05, 0) is 76.3 Å². The van der Waals surface area contributed by atoms with Gasteiger partial charge in [-0.2, -0.15) is 5.48 Å². The zero-order valence-corrected chi connectivity index (χ0v) is 19.9. The zero-order valence-electron chi connectivity index (χ0n) is 19.9. The molecule has 7 N–H and O–H groups in total. The van der Waals surface area contributed by atoms with Crippen molar-refractivity contribution in [3.05, 3.63) is 0 Å². The van der Waals surface area contributed by atoms with Crippen LogP contribution < -0.4 is 37.6 Å². The molecule has 4 heterocycles. The maximum absolute atomic E-state index is 12.3. The molecule has 0 radical (unpaired) electrons. The number of amides is 2. The molecule has 8 unspecified atom stereocenters. The first-order chi connectivity index (χ1) is 16.7. The lowest BCUT2D eigenvalue weighted by molar-refractivity contribution is -0.131. The van der Waals surface area contributed by atoms with Crippen LogP contribution in [0.25, 0.3) is 0 Å². The summed E-state index contributed by atoms with van der Waals surface area (Å²) in [7, 11) is 0. The molecule has 8 atom stereocenters. The van der Waals surface area contributed by atoms with E-state index in [1.807, 2.05) is 0 Å². The van der Waals surface area contributed by atoms with Crippen molar-refractivity contribution in [2.24, 2.45) is 17.8 Å². The molecule has 5 fully saturated rings. The molecule has 0 aromatic rings. The summed E-state index contributed by atoms with van der Waals surface area (Å²) in [5.74, 6) is 1.38. The summed E-state index contributed by atoms with van der Waals surface area (Å²) < 4.78 is 5.82. The van der Waals surface area contributed by atoms with E-state index in [0.717, 1.165) is 51.8 Å². The lowest BCUT2D eigenvalue weighted by atomic mass is 9.78. The third-order valence-electron chi connectivity index (χ3n) is 8.17. The van der Waals surface area contributed by atoms with Crippen LogP contribution in [-0.4, -0.2) is 68.8 Å². The average molecular weight is 480 g/mol. The summed E-state index contributed by atoms with van der Waals surface area (Å²) in [5, 5.41) is 13.4. The van der Waals surface area contributed by atoms with Crippen molar-refractivity contribution in [2.45, 2.75) is 88.5 Å². The van der Waals surface area contributed by atoms with E-state index >= 15 is 0 Å². The van der Waals surface area contributed by atoms with E-state index in [-0.39, 0.29) is 42.3 Å². The quantitative estimate of drug-likeness (QED) is 0.211. The minimum absolute atomic E-state index is 0.000909. The predicted octanol–water partition coefficient (Wildman–Crippen LogP) is -0.827. The standard InChI is InChI=1S/C23H41N7O4/c31-18(24-10-2-11-26-22-20-16(3-1-9-25-20)23(32)29-28-22)6-7-19-27-21(30-34-19)15-4-5-17-14(13-15)8-12-33-17/h14-17,19-22,25-28,30H,1-13H2,(H,24,31)(H,29,32). The number of carbonyl (C=O) groups excluding carboxylic acids is 2. The Balaban J connectivity index is 0.925. The first-order valence-electron chi connectivity index (χ1n) is 13.2. The van der Waals surface area contributed by atoms with Crippen molar-refractivity contribution < 1.29 is 19.2 Å². The van der Waals surface area contributed by atoms with Gasteiger partial charge in [-0.1, -0.05) is 0 Å². The van der Waals surface area contributed by atoms with Crippen LogP contribution in [0.4, 0.5) is 0 Å². The van der Waals surface area contributed by atoms with Crippen LogP contribution in [0.3, 0.4) is 0 Å². The molecular weight excluding hydrogens is 438 g/mol. The number of piperidine rings is 1. The van der Waals surface area contributed by atoms with Crippen LogP contribution in [0.15, 0.2) is 0 Å². The summed E-state index contributed by atoms with van der Waals surface area (Å²) in [6, 6.07) is 0.106. The number of hydroxylamine groups is 1. The van der Waals surface area contributed by atoms with Crippen molar-refractivity contribution in [2.75, 3.05) is 26.2 Å². The fourth-order valence-electron chi connectivity index (χ4n) is 6.26. The van der Waals surface area contributed by atoms with Crippen molar-refractivity contribution in [1.29, 1.82) is 0 Å². The molecule has 5 aliphatic rings. The van der Waals surface area contributed by atoms with Gasteiger partial charge in [0.25, 0.3) is 0 Å². The molecule has 0 bridgehead atoms. The topological polar surface area (TPSA) is 137 Å². The Morgan fingerprint density at radius 1 is 1.12 bits per heavy atom. The highest BCUT2D eigenvalue weighted by molar-refractivity contribution is 5.80. The third kappa shape index (κ3) is 5.89. The maximum Gasteiger partial charge on any atom is 0.238 e. The molecule has 1 saturated carbocycles. The van der Waals surface area contributed by atoms with Gasteiger partial charge in [0.1, 0.15) is 6.23 Å².